The second-order valence-corrected chi connectivity index (χ2v) is 10.1. The maximum atomic E-state index is 12.8. The normalized spacial score (nSPS) is 30.7. The Morgan fingerprint density at radius 3 is 2.54 bits per heavy atom. The summed E-state index contributed by atoms with van der Waals surface area (Å²) in [6.07, 6.45) is 1.95. The predicted molar refractivity (Wildman–Crippen MR) is 136 cm³/mol. The van der Waals surface area contributed by atoms with Gasteiger partial charge in [-0.2, -0.15) is 5.26 Å². The van der Waals surface area contributed by atoms with E-state index in [1.165, 1.54) is 7.11 Å². The van der Waals surface area contributed by atoms with Crippen LogP contribution in [0.25, 0.3) is 0 Å². The van der Waals surface area contributed by atoms with Crippen molar-refractivity contribution in [3.63, 3.8) is 0 Å². The molecule has 3 heterocycles. The molecule has 1 unspecified atom stereocenters. The van der Waals surface area contributed by atoms with E-state index >= 15 is 0 Å². The number of ether oxygens (including phenoxy) is 2. The van der Waals surface area contributed by atoms with Crippen molar-refractivity contribution in [3.8, 4) is 17.6 Å². The number of hydrogen-bond acceptors (Lipinski definition) is 8. The molecule has 3 aromatic rings. The van der Waals surface area contributed by atoms with Gasteiger partial charge in [-0.15, -0.1) is 0 Å². The molecule has 3 aliphatic rings. The van der Waals surface area contributed by atoms with Gasteiger partial charge in [-0.3, -0.25) is 4.98 Å². The van der Waals surface area contributed by atoms with Crippen molar-refractivity contribution < 1.29 is 19.7 Å². The van der Waals surface area contributed by atoms with Crippen LogP contribution in [0.1, 0.15) is 28.2 Å². The Morgan fingerprint density at radius 2 is 1.86 bits per heavy atom. The van der Waals surface area contributed by atoms with Crippen molar-refractivity contribution >= 4 is 0 Å². The van der Waals surface area contributed by atoms with Crippen LogP contribution in [0.4, 0.5) is 0 Å². The van der Waals surface area contributed by atoms with Gasteiger partial charge in [0, 0.05) is 44.6 Å². The molecule has 2 aromatic carbocycles. The number of nitrogens with zero attached hydrogens (tertiary/aromatic N) is 3. The molecule has 8 nitrogen and oxygen atoms in total. The van der Waals surface area contributed by atoms with Gasteiger partial charge in [0.15, 0.2) is 11.2 Å². The van der Waals surface area contributed by atoms with Gasteiger partial charge >= 0.3 is 0 Å². The van der Waals surface area contributed by atoms with Gasteiger partial charge in [-0.05, 0) is 23.3 Å². The number of fused-ring (bicyclic) bond motifs is 3. The minimum atomic E-state index is -1.83. The van der Waals surface area contributed by atoms with Crippen LogP contribution in [-0.4, -0.2) is 66.0 Å². The summed E-state index contributed by atoms with van der Waals surface area (Å²) in [7, 11) is 1.52. The summed E-state index contributed by atoms with van der Waals surface area (Å²) in [5, 5.41) is 37.8. The molecule has 2 aliphatic heterocycles. The summed E-state index contributed by atoms with van der Waals surface area (Å²) in [6, 6.07) is 19.2. The molecule has 5 atom stereocenters. The molecule has 190 valence electrons. The van der Waals surface area contributed by atoms with Crippen molar-refractivity contribution in [2.75, 3.05) is 39.8 Å². The molecule has 0 radical (unpaired) electrons. The molecule has 37 heavy (non-hydrogen) atoms. The molecule has 1 saturated carbocycles. The van der Waals surface area contributed by atoms with E-state index in [1.807, 2.05) is 42.5 Å². The Hall–Kier alpha value is -3.48. The standard InChI is InChI=1S/C29H30N4O4/c1-36-23-16-32-17-24-26(23)28(35)27(34)22(18-33-13-11-31-12-14-33)25(20-5-3-2-4-6-20)29(28,37-24)21-9-7-19(15-30)8-10-21/h2-10,16-17,22,25,27,31,34-35H,11-14,18H2,1H3/t22-,25?,27-,28+,29+/m1/s1. The molecule has 1 aliphatic carbocycles. The van der Waals surface area contributed by atoms with Crippen molar-refractivity contribution in [3.05, 3.63) is 89.2 Å². The first-order valence-corrected chi connectivity index (χ1v) is 12.6. The van der Waals surface area contributed by atoms with E-state index < -0.39 is 23.2 Å². The van der Waals surface area contributed by atoms with Gasteiger partial charge in [0.1, 0.15) is 11.5 Å². The van der Waals surface area contributed by atoms with E-state index in [4.69, 9.17) is 9.47 Å². The summed E-state index contributed by atoms with van der Waals surface area (Å²) >= 11 is 0. The average Bonchev–Trinajstić information content (AvgIpc) is 3.32. The Labute approximate surface area is 216 Å². The number of aliphatic hydroxyl groups is 2. The number of nitrogens with one attached hydrogen (secondary N) is 1. The monoisotopic (exact) mass is 498 g/mol. The maximum absolute atomic E-state index is 12.8. The average molecular weight is 499 g/mol. The molecule has 1 saturated heterocycles. The van der Waals surface area contributed by atoms with E-state index in [9.17, 15) is 15.5 Å². The molecule has 2 fully saturated rings. The number of piperazine rings is 1. The molecule has 0 bridgehead atoms. The van der Waals surface area contributed by atoms with Crippen molar-refractivity contribution in [2.24, 2.45) is 5.92 Å². The number of aliphatic hydroxyl groups excluding tert-OH is 1. The molecular formula is C29H30N4O4. The predicted octanol–water partition coefficient (Wildman–Crippen LogP) is 2.12. The van der Waals surface area contributed by atoms with Crippen LogP contribution in [0.2, 0.25) is 0 Å². The minimum Gasteiger partial charge on any atom is -0.495 e. The van der Waals surface area contributed by atoms with Gasteiger partial charge in [0.25, 0.3) is 0 Å². The fourth-order valence-electron chi connectivity index (χ4n) is 6.72. The maximum Gasteiger partial charge on any atom is 0.177 e. The Kier molecular flexibility index (Phi) is 5.89. The molecule has 1 aromatic heterocycles. The highest BCUT2D eigenvalue weighted by molar-refractivity contribution is 5.59. The second-order valence-electron chi connectivity index (χ2n) is 10.1. The lowest BCUT2D eigenvalue weighted by Crippen LogP contribution is -2.52. The quantitative estimate of drug-likeness (QED) is 0.491. The SMILES string of the molecule is COc1cncc2c1[C@]1(O)[C@H](O)[C@H](CN3CCNCC3)C(c3ccccc3)[C@]1(c1ccc(C#N)cc1)O2. The summed E-state index contributed by atoms with van der Waals surface area (Å²) in [5.41, 5.74) is -0.649. The van der Waals surface area contributed by atoms with Crippen molar-refractivity contribution in [2.45, 2.75) is 23.2 Å². The zero-order valence-electron chi connectivity index (χ0n) is 20.7. The number of rotatable bonds is 5. The highest BCUT2D eigenvalue weighted by Gasteiger charge is 2.76. The summed E-state index contributed by atoms with van der Waals surface area (Å²) in [5.74, 6) is -0.0168. The molecule has 0 amide bonds. The third-order valence-corrected chi connectivity index (χ3v) is 8.29. The van der Waals surface area contributed by atoms with Crippen LogP contribution >= 0.6 is 0 Å². The van der Waals surface area contributed by atoms with Crippen LogP contribution in [0.15, 0.2) is 67.0 Å². The first kappa shape index (κ1) is 23.9. The first-order chi connectivity index (χ1) is 18.0. The lowest BCUT2D eigenvalue weighted by Gasteiger charge is -2.41. The lowest BCUT2D eigenvalue weighted by molar-refractivity contribution is -0.152. The van der Waals surface area contributed by atoms with E-state index in [0.717, 1.165) is 31.7 Å². The van der Waals surface area contributed by atoms with Gasteiger partial charge in [0.2, 0.25) is 0 Å². The topological polar surface area (TPSA) is 111 Å². The molecule has 3 N–H and O–H groups in total. The Bertz CT molecular complexity index is 1320. The fourth-order valence-corrected chi connectivity index (χ4v) is 6.72. The lowest BCUT2D eigenvalue weighted by atomic mass is 9.70. The molecule has 0 spiro atoms. The molecular weight excluding hydrogens is 468 g/mol. The highest BCUT2D eigenvalue weighted by Crippen LogP contribution is 2.69. The zero-order valence-corrected chi connectivity index (χ0v) is 20.7. The molecule has 6 rings (SSSR count). The Morgan fingerprint density at radius 1 is 1.14 bits per heavy atom. The number of methoxy groups -OCH3 is 1. The van der Waals surface area contributed by atoms with E-state index in [-0.39, 0.29) is 5.92 Å². The zero-order chi connectivity index (χ0) is 25.6. The van der Waals surface area contributed by atoms with Crippen LogP contribution in [-0.2, 0) is 11.2 Å². The van der Waals surface area contributed by atoms with Crippen LogP contribution in [0, 0.1) is 17.2 Å². The minimum absolute atomic E-state index is 0.354. The van der Waals surface area contributed by atoms with E-state index in [1.54, 1.807) is 24.5 Å². The number of benzene rings is 2. The second kappa shape index (κ2) is 9.12. The summed E-state index contributed by atoms with van der Waals surface area (Å²) in [4.78, 5) is 6.61. The number of pyridine rings is 1. The Balaban J connectivity index is 1.61. The van der Waals surface area contributed by atoms with Crippen molar-refractivity contribution in [1.29, 1.82) is 5.26 Å². The number of hydrogen-bond donors (Lipinski definition) is 3. The van der Waals surface area contributed by atoms with Crippen LogP contribution in [0.5, 0.6) is 11.5 Å². The van der Waals surface area contributed by atoms with E-state index in [2.05, 4.69) is 21.3 Å². The number of aromatic nitrogens is 1. The van der Waals surface area contributed by atoms with Crippen LogP contribution < -0.4 is 14.8 Å². The van der Waals surface area contributed by atoms with Gasteiger partial charge in [-0.25, -0.2) is 0 Å². The van der Waals surface area contributed by atoms with Gasteiger partial charge in [-0.1, -0.05) is 42.5 Å². The fraction of sp³-hybridized carbons (Fsp3) is 0.379. The smallest absolute Gasteiger partial charge is 0.177 e. The summed E-state index contributed by atoms with van der Waals surface area (Å²) in [6.45, 7) is 4.07. The first-order valence-electron chi connectivity index (χ1n) is 12.6. The van der Waals surface area contributed by atoms with Gasteiger partial charge < -0.3 is 29.9 Å². The van der Waals surface area contributed by atoms with E-state index in [0.29, 0.717) is 34.7 Å². The van der Waals surface area contributed by atoms with Crippen LogP contribution in [0.3, 0.4) is 0 Å². The third kappa shape index (κ3) is 3.39. The largest absolute Gasteiger partial charge is 0.495 e. The molecule has 8 heteroatoms. The third-order valence-electron chi connectivity index (χ3n) is 8.29. The summed E-state index contributed by atoms with van der Waals surface area (Å²) < 4.78 is 12.5. The van der Waals surface area contributed by atoms with Gasteiger partial charge in [0.05, 0.1) is 42.8 Å². The number of nitriles is 1. The highest BCUT2D eigenvalue weighted by atomic mass is 16.5. The van der Waals surface area contributed by atoms with Crippen molar-refractivity contribution in [1.82, 2.24) is 15.2 Å².